The largest absolute Gasteiger partial charge is 0.320 e. The Bertz CT molecular complexity index is 854. The molecule has 2 heterocycles. The fraction of sp³-hybridized carbons (Fsp3) is 0. The van der Waals surface area contributed by atoms with Gasteiger partial charge in [0.25, 0.3) is 5.91 Å². The number of pyridine rings is 1. The predicted molar refractivity (Wildman–Crippen MR) is 82.4 cm³/mol. The van der Waals surface area contributed by atoms with Crippen molar-refractivity contribution in [2.45, 2.75) is 0 Å². The van der Waals surface area contributed by atoms with Gasteiger partial charge in [-0.05, 0) is 30.3 Å². The fourth-order valence-corrected chi connectivity index (χ4v) is 1.96. The van der Waals surface area contributed by atoms with E-state index in [4.69, 9.17) is 5.73 Å². The second kappa shape index (κ2) is 6.18. The van der Waals surface area contributed by atoms with Crippen LogP contribution < -0.4 is 11.1 Å². The summed E-state index contributed by atoms with van der Waals surface area (Å²) in [5.74, 6) is -1.35. The summed E-state index contributed by atoms with van der Waals surface area (Å²) in [4.78, 5) is 24.3. The summed E-state index contributed by atoms with van der Waals surface area (Å²) in [5.41, 5.74) is 8.99. The second-order valence-corrected chi connectivity index (χ2v) is 4.66. The molecule has 7 heteroatoms. The lowest BCUT2D eigenvalue weighted by Crippen LogP contribution is -2.15. The van der Waals surface area contributed by atoms with Crippen LogP contribution in [0.15, 0.2) is 55.0 Å². The molecule has 3 aromatic rings. The number of rotatable bonds is 3. The normalized spacial score (nSPS) is 10.3. The maximum atomic E-state index is 13.2. The van der Waals surface area contributed by atoms with Crippen molar-refractivity contribution in [1.82, 2.24) is 20.7 Å². The van der Waals surface area contributed by atoms with Gasteiger partial charge in [-0.3, -0.25) is 15.5 Å². The molecule has 0 saturated carbocycles. The molecular weight excluding hydrogens is 297 g/mol. The van der Waals surface area contributed by atoms with Gasteiger partial charge in [0.2, 0.25) is 0 Å². The van der Waals surface area contributed by atoms with Crippen LogP contribution in [0.5, 0.6) is 0 Å². The first-order valence-electron chi connectivity index (χ1n) is 6.69. The van der Waals surface area contributed by atoms with E-state index in [2.05, 4.69) is 20.3 Å². The number of hydrogen-bond donors (Lipinski definition) is 1. The van der Waals surface area contributed by atoms with Crippen molar-refractivity contribution in [3.05, 3.63) is 66.5 Å². The van der Waals surface area contributed by atoms with Crippen LogP contribution in [-0.2, 0) is 0 Å². The first kappa shape index (κ1) is 14.6. The van der Waals surface area contributed by atoms with Crippen molar-refractivity contribution in [1.29, 1.82) is 0 Å². The van der Waals surface area contributed by atoms with E-state index in [-0.39, 0.29) is 17.2 Å². The Hall–Kier alpha value is -3.35. The number of carbonyl (C=O) groups is 1. The molecule has 0 spiro atoms. The third-order valence-electron chi connectivity index (χ3n) is 3.03. The molecule has 1 radical (unpaired) electrons. The summed E-state index contributed by atoms with van der Waals surface area (Å²) in [5, 5.41) is 2.50. The fourth-order valence-electron chi connectivity index (χ4n) is 1.96. The number of aromatic nitrogens is 3. The van der Waals surface area contributed by atoms with Crippen molar-refractivity contribution in [3.8, 4) is 11.3 Å². The summed E-state index contributed by atoms with van der Waals surface area (Å²) >= 11 is 0. The molecule has 0 fully saturated rings. The number of carbonyl (C=O) groups excluding carboxylic acids is 1. The van der Waals surface area contributed by atoms with E-state index in [1.54, 1.807) is 30.6 Å². The minimum absolute atomic E-state index is 0.143. The highest BCUT2D eigenvalue weighted by molar-refractivity contribution is 6.05. The first-order chi connectivity index (χ1) is 11.1. The number of benzene rings is 1. The smallest absolute Gasteiger partial charge is 0.278 e. The Morgan fingerprint density at radius 2 is 2.04 bits per heavy atom. The summed E-state index contributed by atoms with van der Waals surface area (Å²) in [6, 6.07) is 8.98. The lowest BCUT2D eigenvalue weighted by atomic mass is 10.2. The SMILES string of the molecule is [NH]c1ncc(-c2cccnc2)nc1C(=O)Nc1cccc(F)c1. The van der Waals surface area contributed by atoms with Gasteiger partial charge in [0.05, 0.1) is 11.9 Å². The lowest BCUT2D eigenvalue weighted by molar-refractivity contribution is 0.102. The molecular formula is C16H11FN5O. The van der Waals surface area contributed by atoms with E-state index in [0.29, 0.717) is 11.3 Å². The number of nitrogens with zero attached hydrogens (tertiary/aromatic N) is 3. The number of amides is 1. The molecule has 113 valence electrons. The first-order valence-corrected chi connectivity index (χ1v) is 6.69. The molecule has 2 N–H and O–H groups in total. The maximum Gasteiger partial charge on any atom is 0.278 e. The Kier molecular flexibility index (Phi) is 3.92. The van der Waals surface area contributed by atoms with Crippen molar-refractivity contribution in [3.63, 3.8) is 0 Å². The molecule has 0 unspecified atom stereocenters. The van der Waals surface area contributed by atoms with Gasteiger partial charge in [-0.15, -0.1) is 0 Å². The molecule has 0 aliphatic rings. The lowest BCUT2D eigenvalue weighted by Gasteiger charge is -2.07. The molecule has 0 aliphatic heterocycles. The maximum absolute atomic E-state index is 13.2. The zero-order valence-electron chi connectivity index (χ0n) is 11.8. The van der Waals surface area contributed by atoms with Crippen LogP contribution in [0.4, 0.5) is 15.9 Å². The van der Waals surface area contributed by atoms with Crippen LogP contribution in [0.3, 0.4) is 0 Å². The molecule has 0 aliphatic carbocycles. The second-order valence-electron chi connectivity index (χ2n) is 4.66. The van der Waals surface area contributed by atoms with E-state index >= 15 is 0 Å². The minimum Gasteiger partial charge on any atom is -0.320 e. The zero-order valence-corrected chi connectivity index (χ0v) is 11.8. The van der Waals surface area contributed by atoms with Crippen LogP contribution in [0.1, 0.15) is 10.5 Å². The van der Waals surface area contributed by atoms with Gasteiger partial charge in [-0.25, -0.2) is 14.4 Å². The van der Waals surface area contributed by atoms with Crippen molar-refractivity contribution in [2.75, 3.05) is 5.32 Å². The molecule has 2 aromatic heterocycles. The van der Waals surface area contributed by atoms with Crippen LogP contribution in [-0.4, -0.2) is 20.9 Å². The van der Waals surface area contributed by atoms with Crippen LogP contribution in [0, 0.1) is 5.82 Å². The van der Waals surface area contributed by atoms with Gasteiger partial charge in [0.15, 0.2) is 11.5 Å². The Morgan fingerprint density at radius 3 is 2.78 bits per heavy atom. The highest BCUT2D eigenvalue weighted by Gasteiger charge is 2.15. The molecule has 0 bridgehead atoms. The zero-order chi connectivity index (χ0) is 16.2. The van der Waals surface area contributed by atoms with Crippen molar-refractivity contribution >= 4 is 17.4 Å². The van der Waals surface area contributed by atoms with Crippen molar-refractivity contribution in [2.24, 2.45) is 0 Å². The Morgan fingerprint density at radius 1 is 1.17 bits per heavy atom. The number of hydrogen-bond acceptors (Lipinski definition) is 4. The number of anilines is 1. The van der Waals surface area contributed by atoms with Gasteiger partial charge in [-0.1, -0.05) is 6.07 Å². The molecule has 6 nitrogen and oxygen atoms in total. The third kappa shape index (κ3) is 3.29. The van der Waals surface area contributed by atoms with Gasteiger partial charge in [-0.2, -0.15) is 0 Å². The summed E-state index contributed by atoms with van der Waals surface area (Å²) in [7, 11) is 0. The molecule has 23 heavy (non-hydrogen) atoms. The molecule has 1 amide bonds. The van der Waals surface area contributed by atoms with Crippen LogP contribution in [0.2, 0.25) is 0 Å². The van der Waals surface area contributed by atoms with E-state index in [0.717, 1.165) is 0 Å². The van der Waals surface area contributed by atoms with Gasteiger partial charge in [0, 0.05) is 23.6 Å². The van der Waals surface area contributed by atoms with Crippen molar-refractivity contribution < 1.29 is 9.18 Å². The number of nitrogens with one attached hydrogen (secondary N) is 2. The Balaban J connectivity index is 1.91. The van der Waals surface area contributed by atoms with Crippen LogP contribution in [0.25, 0.3) is 11.3 Å². The summed E-state index contributed by atoms with van der Waals surface area (Å²) in [6.07, 6.45) is 4.60. The van der Waals surface area contributed by atoms with Gasteiger partial charge < -0.3 is 5.32 Å². The minimum atomic E-state index is -0.626. The molecule has 0 atom stereocenters. The summed E-state index contributed by atoms with van der Waals surface area (Å²) < 4.78 is 13.2. The van der Waals surface area contributed by atoms with E-state index in [1.807, 2.05) is 0 Å². The van der Waals surface area contributed by atoms with Gasteiger partial charge in [0.1, 0.15) is 5.82 Å². The summed E-state index contributed by atoms with van der Waals surface area (Å²) in [6.45, 7) is 0. The average molecular weight is 308 g/mol. The molecule has 3 rings (SSSR count). The molecule has 1 aromatic carbocycles. The van der Waals surface area contributed by atoms with E-state index < -0.39 is 11.7 Å². The quantitative estimate of drug-likeness (QED) is 0.805. The number of halogens is 1. The van der Waals surface area contributed by atoms with E-state index in [9.17, 15) is 9.18 Å². The Labute approximate surface area is 131 Å². The highest BCUT2D eigenvalue weighted by Crippen LogP contribution is 2.19. The topological polar surface area (TPSA) is 91.6 Å². The highest BCUT2D eigenvalue weighted by atomic mass is 19.1. The van der Waals surface area contributed by atoms with Gasteiger partial charge >= 0.3 is 0 Å². The third-order valence-corrected chi connectivity index (χ3v) is 3.03. The van der Waals surface area contributed by atoms with E-state index in [1.165, 1.54) is 24.4 Å². The standard InChI is InChI=1S/C16H11FN5O/c17-11-4-1-5-12(7-11)21-16(23)14-15(18)20-9-13(22-14)10-3-2-6-19-8-10/h1-9,18H,(H,21,23). The average Bonchev–Trinajstić information content (AvgIpc) is 2.56. The monoisotopic (exact) mass is 308 g/mol. The van der Waals surface area contributed by atoms with Crippen LogP contribution >= 0.6 is 0 Å². The molecule has 0 saturated heterocycles. The predicted octanol–water partition coefficient (Wildman–Crippen LogP) is 2.84.